The topological polar surface area (TPSA) is 172 Å². The van der Waals surface area contributed by atoms with Gasteiger partial charge in [0.15, 0.2) is 28.5 Å². The highest BCUT2D eigenvalue weighted by Crippen LogP contribution is 2.53. The second-order valence-electron chi connectivity index (χ2n) is 14.1. The Kier molecular flexibility index (Phi) is 9.28. The van der Waals surface area contributed by atoms with Crippen molar-refractivity contribution in [3.63, 3.8) is 0 Å². The molecule has 1 aromatic heterocycles. The molecule has 15 heteroatoms. The molecule has 3 heterocycles. The van der Waals surface area contributed by atoms with Crippen LogP contribution in [-0.2, 0) is 27.9 Å². The molecule has 0 unspecified atom stereocenters. The minimum atomic E-state index is -4.45. The molecule has 0 aliphatic carbocycles. The lowest BCUT2D eigenvalue weighted by molar-refractivity contribution is -0.0563. The van der Waals surface area contributed by atoms with Crippen molar-refractivity contribution in [1.29, 1.82) is 0 Å². The molecule has 1 spiro atoms. The van der Waals surface area contributed by atoms with Crippen molar-refractivity contribution in [2.75, 3.05) is 13.2 Å². The maximum absolute atomic E-state index is 13.5. The van der Waals surface area contributed by atoms with E-state index in [1.807, 2.05) is 47.0 Å². The van der Waals surface area contributed by atoms with Crippen LogP contribution < -0.4 is 17.0 Å². The summed E-state index contributed by atoms with van der Waals surface area (Å²) in [7, 11) is -9.58. The smallest absolute Gasteiger partial charge is 0.330 e. The van der Waals surface area contributed by atoms with Crippen LogP contribution in [0.1, 0.15) is 53.3 Å². The number of rotatable bonds is 8. The van der Waals surface area contributed by atoms with E-state index in [2.05, 4.69) is 25.8 Å². The van der Waals surface area contributed by atoms with Gasteiger partial charge in [-0.25, -0.2) is 8.98 Å². The zero-order valence-corrected chi connectivity index (χ0v) is 29.3. The number of hydrogen-bond acceptors (Lipinski definition) is 10. The number of ether oxygens (including phenoxy) is 1. The average Bonchev–Trinajstić information content (AvgIpc) is 3.21. The Morgan fingerprint density at radius 1 is 1.12 bits per heavy atom. The summed E-state index contributed by atoms with van der Waals surface area (Å²) in [6, 6.07) is 0. The van der Waals surface area contributed by atoms with Crippen molar-refractivity contribution in [3.05, 3.63) is 55.4 Å². The van der Waals surface area contributed by atoms with Crippen LogP contribution >= 0.6 is 0 Å². The van der Waals surface area contributed by atoms with Gasteiger partial charge in [0.25, 0.3) is 15.7 Å². The van der Waals surface area contributed by atoms with Gasteiger partial charge in [-0.15, -0.1) is 0 Å². The number of nitrogens with two attached hydrogens (primary N) is 1. The standard InChI is InChI=1S/C27H47N3O9SSi2/c1-17-15-30(24(33)29-22(17)32)23-21(38-42(10,11)26(5,6)7)27(19(37-23)16-36-41(8,9)25(2,3)4)20(28)18(13-12-14-31)40(34,35)39-27/h12-13,15,19,21,23,31H,14,16,28H2,1-11H3,(H,29,32,33)/b13-12+/t19-,21+,23-,27+/m1/s1. The van der Waals surface area contributed by atoms with Crippen molar-refractivity contribution in [2.45, 2.75) is 109 Å². The van der Waals surface area contributed by atoms with E-state index in [9.17, 15) is 23.1 Å². The SMILES string of the molecule is Cc1cn([C@@H]2O[C@H](CO[Si](C)(C)C(C)(C)C)[C@@]3(OS(=O)(=O)C(/C=C/CO)=C3N)[C@H]2O[Si](C)(C)C(C)(C)C)c(=O)[nH]c1=O. The fourth-order valence-corrected chi connectivity index (χ4v) is 8.10. The summed E-state index contributed by atoms with van der Waals surface area (Å²) < 4.78 is 54.1. The van der Waals surface area contributed by atoms with E-state index < -0.39 is 68.6 Å². The molecule has 42 heavy (non-hydrogen) atoms. The van der Waals surface area contributed by atoms with Gasteiger partial charge in [-0.05, 0) is 49.3 Å². The van der Waals surface area contributed by atoms with Crippen LogP contribution in [-0.4, -0.2) is 70.7 Å². The van der Waals surface area contributed by atoms with Gasteiger partial charge in [0.2, 0.25) is 0 Å². The number of nitrogens with zero attached hydrogens (tertiary/aromatic N) is 1. The molecular formula is C27H47N3O9SSi2. The Morgan fingerprint density at radius 3 is 2.21 bits per heavy atom. The van der Waals surface area contributed by atoms with Gasteiger partial charge >= 0.3 is 5.69 Å². The number of hydrogen-bond donors (Lipinski definition) is 3. The predicted octanol–water partition coefficient (Wildman–Crippen LogP) is 2.97. The molecule has 12 nitrogen and oxygen atoms in total. The second-order valence-corrected chi connectivity index (χ2v) is 25.1. The van der Waals surface area contributed by atoms with Crippen LogP contribution in [0.5, 0.6) is 0 Å². The molecule has 1 aromatic rings. The highest BCUT2D eigenvalue weighted by molar-refractivity contribution is 7.91. The Morgan fingerprint density at radius 2 is 1.69 bits per heavy atom. The van der Waals surface area contributed by atoms with Crippen LogP contribution in [0.4, 0.5) is 0 Å². The Labute approximate surface area is 250 Å². The highest BCUT2D eigenvalue weighted by atomic mass is 32.2. The van der Waals surface area contributed by atoms with Gasteiger partial charge in [0.05, 0.1) is 18.9 Å². The summed E-state index contributed by atoms with van der Waals surface area (Å²) in [5, 5.41) is 8.88. The summed E-state index contributed by atoms with van der Waals surface area (Å²) >= 11 is 0. The number of allylic oxidation sites excluding steroid dienone is 1. The third-order valence-electron chi connectivity index (χ3n) is 9.09. The van der Waals surface area contributed by atoms with Crippen molar-refractivity contribution < 1.29 is 31.3 Å². The highest BCUT2D eigenvalue weighted by Gasteiger charge is 2.68. The molecule has 0 amide bonds. The lowest BCUT2D eigenvalue weighted by Gasteiger charge is -2.43. The van der Waals surface area contributed by atoms with E-state index in [0.29, 0.717) is 0 Å². The number of nitrogens with one attached hydrogen (secondary N) is 1. The lowest BCUT2D eigenvalue weighted by Crippen LogP contribution is -2.59. The zero-order chi connectivity index (χ0) is 32.3. The van der Waals surface area contributed by atoms with E-state index >= 15 is 0 Å². The minimum Gasteiger partial charge on any atom is -0.414 e. The number of aliphatic hydroxyl groups is 1. The van der Waals surface area contributed by atoms with Crippen LogP contribution in [0.2, 0.25) is 36.3 Å². The van der Waals surface area contributed by atoms with Gasteiger partial charge in [-0.1, -0.05) is 47.6 Å². The second kappa shape index (κ2) is 11.3. The monoisotopic (exact) mass is 645 g/mol. The van der Waals surface area contributed by atoms with Gasteiger partial charge in [-0.2, -0.15) is 8.42 Å². The lowest BCUT2D eigenvalue weighted by atomic mass is 9.88. The van der Waals surface area contributed by atoms with Gasteiger partial charge in [0.1, 0.15) is 17.1 Å². The number of H-pyrrole nitrogens is 1. The van der Waals surface area contributed by atoms with Crippen molar-refractivity contribution in [1.82, 2.24) is 9.55 Å². The van der Waals surface area contributed by atoms with E-state index in [4.69, 9.17) is 23.5 Å². The van der Waals surface area contributed by atoms with Gasteiger partial charge in [-0.3, -0.25) is 14.3 Å². The molecule has 1 fully saturated rings. The van der Waals surface area contributed by atoms with Crippen molar-refractivity contribution in [3.8, 4) is 0 Å². The largest absolute Gasteiger partial charge is 0.414 e. The number of aromatic nitrogens is 2. The summed E-state index contributed by atoms with van der Waals surface area (Å²) in [5.41, 5.74) is 3.55. The fraction of sp³-hybridized carbons (Fsp3) is 0.704. The molecular weight excluding hydrogens is 599 g/mol. The van der Waals surface area contributed by atoms with Crippen molar-refractivity contribution >= 4 is 26.8 Å². The van der Waals surface area contributed by atoms with E-state index in [-0.39, 0.29) is 32.8 Å². The molecule has 0 radical (unpaired) electrons. The third-order valence-corrected chi connectivity index (χ3v) is 19.4. The maximum atomic E-state index is 13.5. The van der Waals surface area contributed by atoms with E-state index in [1.165, 1.54) is 22.9 Å². The first-order valence-corrected chi connectivity index (χ1v) is 21.2. The normalized spacial score (nSPS) is 27.1. The quantitative estimate of drug-likeness (QED) is 0.282. The summed E-state index contributed by atoms with van der Waals surface area (Å²) in [4.78, 5) is 27.4. The number of aromatic amines is 1. The van der Waals surface area contributed by atoms with Gasteiger partial charge in [0, 0.05) is 11.8 Å². The summed E-state index contributed by atoms with van der Waals surface area (Å²) in [5.74, 6) is 0. The molecule has 0 saturated carbocycles. The molecule has 4 atom stereocenters. The molecule has 3 rings (SSSR count). The Bertz CT molecular complexity index is 1480. The Hall–Kier alpha value is -1.86. The van der Waals surface area contributed by atoms with Crippen molar-refractivity contribution in [2.24, 2.45) is 5.73 Å². The molecule has 2 aliphatic rings. The van der Waals surface area contributed by atoms with Crippen LogP contribution in [0.25, 0.3) is 0 Å². The fourth-order valence-electron chi connectivity index (χ4n) is 4.39. The molecule has 2 aliphatic heterocycles. The third kappa shape index (κ3) is 6.07. The van der Waals surface area contributed by atoms with Crippen LogP contribution in [0, 0.1) is 6.92 Å². The minimum absolute atomic E-state index is 0.103. The summed E-state index contributed by atoms with van der Waals surface area (Å²) in [6.45, 7) is 21.3. The average molecular weight is 646 g/mol. The van der Waals surface area contributed by atoms with Crippen LogP contribution in [0.3, 0.4) is 0 Å². The Balaban J connectivity index is 2.36. The number of aliphatic hydroxyl groups excluding tert-OH is 1. The maximum Gasteiger partial charge on any atom is 0.330 e. The first-order valence-electron chi connectivity index (χ1n) is 14.0. The molecule has 0 aromatic carbocycles. The first-order chi connectivity index (χ1) is 18.9. The van der Waals surface area contributed by atoms with Crippen LogP contribution in [0.15, 0.2) is 38.5 Å². The molecule has 238 valence electrons. The molecule has 4 N–H and O–H groups in total. The van der Waals surface area contributed by atoms with Gasteiger partial charge < -0.3 is 24.4 Å². The number of aryl methyl sites for hydroxylation is 1. The summed E-state index contributed by atoms with van der Waals surface area (Å²) in [6.07, 6.45) is 0.206. The predicted molar refractivity (Wildman–Crippen MR) is 165 cm³/mol. The molecule has 1 saturated heterocycles. The molecule has 0 bridgehead atoms. The first kappa shape index (κ1) is 34.6. The zero-order valence-electron chi connectivity index (χ0n) is 26.5. The van der Waals surface area contributed by atoms with E-state index in [0.717, 1.165) is 0 Å². The van der Waals surface area contributed by atoms with E-state index in [1.54, 1.807) is 6.92 Å².